The normalized spacial score (nSPS) is 12.0. The molecular weight excluding hydrogens is 316 g/mol. The maximum atomic E-state index is 11.3. The van der Waals surface area contributed by atoms with Crippen molar-refractivity contribution in [3.05, 3.63) is 23.8 Å². The third kappa shape index (κ3) is 7.66. The van der Waals surface area contributed by atoms with Gasteiger partial charge in [-0.05, 0) is 37.1 Å². The Morgan fingerprint density at radius 3 is 1.71 bits per heavy atom. The first-order chi connectivity index (χ1) is 9.44. The largest absolute Gasteiger partial charge is 0.300 e. The van der Waals surface area contributed by atoms with Crippen LogP contribution in [0.4, 0.5) is 11.4 Å². The molecule has 0 aromatic heterocycles. The molecule has 0 fully saturated rings. The summed E-state index contributed by atoms with van der Waals surface area (Å²) in [6.45, 7) is 1.45. The number of benzene rings is 1. The molecule has 21 heavy (non-hydrogen) atoms. The van der Waals surface area contributed by atoms with Crippen molar-refractivity contribution in [3.8, 4) is 0 Å². The molecule has 0 aliphatic rings. The zero-order valence-electron chi connectivity index (χ0n) is 12.0. The summed E-state index contributed by atoms with van der Waals surface area (Å²) in [5.41, 5.74) is 1.14. The number of carbonyl (C=O) groups is 1. The van der Waals surface area contributed by atoms with Crippen LogP contribution in [0.15, 0.2) is 18.2 Å². The monoisotopic (exact) mass is 334 g/mol. The Kier molecular flexibility index (Phi) is 5.35. The van der Waals surface area contributed by atoms with E-state index in [1.807, 2.05) is 0 Å². The van der Waals surface area contributed by atoms with E-state index < -0.39 is 20.0 Å². The summed E-state index contributed by atoms with van der Waals surface area (Å²) in [5, 5.41) is 0. The topological polar surface area (TPSA) is 109 Å². The first-order valence-corrected chi connectivity index (χ1v) is 9.82. The van der Waals surface area contributed by atoms with Crippen molar-refractivity contribution in [2.24, 2.45) is 0 Å². The molecule has 0 atom stereocenters. The van der Waals surface area contributed by atoms with E-state index in [9.17, 15) is 21.6 Å². The molecule has 0 aliphatic heterocycles. The highest BCUT2D eigenvalue weighted by Crippen LogP contribution is 2.22. The molecule has 1 aromatic rings. The number of anilines is 2. The summed E-state index contributed by atoms with van der Waals surface area (Å²) in [6.07, 6.45) is 2.69. The van der Waals surface area contributed by atoms with E-state index in [-0.39, 0.29) is 17.2 Å². The molecule has 118 valence electrons. The fourth-order valence-electron chi connectivity index (χ4n) is 1.70. The predicted octanol–water partition coefficient (Wildman–Crippen LogP) is 0.951. The van der Waals surface area contributed by atoms with Gasteiger partial charge in [-0.3, -0.25) is 9.44 Å². The van der Waals surface area contributed by atoms with Crippen molar-refractivity contribution in [1.82, 2.24) is 0 Å². The Hall–Kier alpha value is -1.61. The van der Waals surface area contributed by atoms with E-state index in [1.165, 1.54) is 13.0 Å². The molecule has 0 unspecified atom stereocenters. The standard InChI is InChI=1S/C12H18N2O5S2/c1-9(15)4-5-10-6-11(13-20(2,16)17)8-12(7-10)14-21(3,18)19/h6-8,13-14H,4-5H2,1-3H3. The summed E-state index contributed by atoms with van der Waals surface area (Å²) in [7, 11) is -6.96. The minimum Gasteiger partial charge on any atom is -0.300 e. The highest BCUT2D eigenvalue weighted by molar-refractivity contribution is 7.92. The lowest BCUT2D eigenvalue weighted by Gasteiger charge is -2.11. The summed E-state index contributed by atoms with van der Waals surface area (Å²) in [5.74, 6) is -0.00547. The molecule has 0 heterocycles. The molecule has 9 heteroatoms. The van der Waals surface area contributed by atoms with Gasteiger partial charge in [-0.15, -0.1) is 0 Å². The number of ketones is 1. The maximum absolute atomic E-state index is 11.3. The van der Waals surface area contributed by atoms with E-state index in [1.54, 1.807) is 12.1 Å². The average Bonchev–Trinajstić information content (AvgIpc) is 2.20. The number of aryl methyl sites for hydroxylation is 1. The number of nitrogens with one attached hydrogen (secondary N) is 2. The van der Waals surface area contributed by atoms with Crippen LogP contribution < -0.4 is 9.44 Å². The highest BCUT2D eigenvalue weighted by atomic mass is 32.2. The molecule has 0 aliphatic carbocycles. The quantitative estimate of drug-likeness (QED) is 0.771. The Morgan fingerprint density at radius 1 is 0.952 bits per heavy atom. The Bertz CT molecular complexity index is 687. The van der Waals surface area contributed by atoms with Gasteiger partial charge in [0.15, 0.2) is 0 Å². The molecule has 0 spiro atoms. The van der Waals surface area contributed by atoms with Gasteiger partial charge in [0.05, 0.1) is 23.9 Å². The van der Waals surface area contributed by atoms with Gasteiger partial charge >= 0.3 is 0 Å². The molecule has 7 nitrogen and oxygen atoms in total. The number of carbonyl (C=O) groups excluding carboxylic acids is 1. The second kappa shape index (κ2) is 6.44. The van der Waals surface area contributed by atoms with Crippen molar-refractivity contribution in [2.75, 3.05) is 22.0 Å². The summed E-state index contributed by atoms with van der Waals surface area (Å²) in [4.78, 5) is 11.0. The van der Waals surface area contributed by atoms with Crippen LogP contribution in [0.3, 0.4) is 0 Å². The van der Waals surface area contributed by atoms with Crippen LogP contribution in [-0.4, -0.2) is 35.1 Å². The molecule has 2 N–H and O–H groups in total. The lowest BCUT2D eigenvalue weighted by Crippen LogP contribution is -2.12. The van der Waals surface area contributed by atoms with E-state index >= 15 is 0 Å². The van der Waals surface area contributed by atoms with Gasteiger partial charge in [0.2, 0.25) is 20.0 Å². The SMILES string of the molecule is CC(=O)CCc1cc(NS(C)(=O)=O)cc(NS(C)(=O)=O)c1. The van der Waals surface area contributed by atoms with Crippen LogP contribution in [0.1, 0.15) is 18.9 Å². The second-order valence-corrected chi connectivity index (χ2v) is 8.37. The van der Waals surface area contributed by atoms with Gasteiger partial charge in [0.1, 0.15) is 5.78 Å². The van der Waals surface area contributed by atoms with Crippen molar-refractivity contribution >= 4 is 37.2 Å². The smallest absolute Gasteiger partial charge is 0.229 e. The Balaban J connectivity index is 3.15. The molecular formula is C12H18N2O5S2. The Morgan fingerprint density at radius 2 is 1.38 bits per heavy atom. The molecule has 0 radical (unpaired) electrons. The number of sulfonamides is 2. The minimum atomic E-state index is -3.48. The summed E-state index contributed by atoms with van der Waals surface area (Å²) < 4.78 is 49.7. The van der Waals surface area contributed by atoms with Gasteiger partial charge in [0, 0.05) is 6.42 Å². The summed E-state index contributed by atoms with van der Waals surface area (Å²) >= 11 is 0. The Labute approximate surface area is 124 Å². The number of hydrogen-bond donors (Lipinski definition) is 2. The molecule has 0 saturated carbocycles. The average molecular weight is 334 g/mol. The maximum Gasteiger partial charge on any atom is 0.229 e. The minimum absolute atomic E-state index is 0.00547. The van der Waals surface area contributed by atoms with Crippen molar-refractivity contribution in [2.45, 2.75) is 19.8 Å². The van der Waals surface area contributed by atoms with Gasteiger partial charge in [-0.2, -0.15) is 0 Å². The van der Waals surface area contributed by atoms with Crippen molar-refractivity contribution in [3.63, 3.8) is 0 Å². The lowest BCUT2D eigenvalue weighted by atomic mass is 10.1. The van der Waals surface area contributed by atoms with Gasteiger partial charge in [0.25, 0.3) is 0 Å². The molecule has 1 aromatic carbocycles. The van der Waals surface area contributed by atoms with E-state index in [0.717, 1.165) is 12.5 Å². The van der Waals surface area contributed by atoms with Crippen LogP contribution in [0.5, 0.6) is 0 Å². The molecule has 0 bridgehead atoms. The third-order valence-electron chi connectivity index (χ3n) is 2.37. The summed E-state index contributed by atoms with van der Waals surface area (Å²) in [6, 6.07) is 4.51. The third-order valence-corrected chi connectivity index (χ3v) is 3.58. The molecule has 0 amide bonds. The fraction of sp³-hybridized carbons (Fsp3) is 0.417. The van der Waals surface area contributed by atoms with Crippen LogP contribution in [0, 0.1) is 0 Å². The van der Waals surface area contributed by atoms with Crippen LogP contribution >= 0.6 is 0 Å². The lowest BCUT2D eigenvalue weighted by molar-refractivity contribution is -0.116. The highest BCUT2D eigenvalue weighted by Gasteiger charge is 2.09. The van der Waals surface area contributed by atoms with E-state index in [0.29, 0.717) is 18.4 Å². The van der Waals surface area contributed by atoms with Gasteiger partial charge < -0.3 is 4.79 Å². The molecule has 1 rings (SSSR count). The number of Topliss-reactive ketones (excluding diaryl/α,β-unsaturated/α-hetero) is 1. The zero-order chi connectivity index (χ0) is 16.3. The van der Waals surface area contributed by atoms with Crippen LogP contribution in [-0.2, 0) is 31.3 Å². The number of rotatable bonds is 7. The van der Waals surface area contributed by atoms with Gasteiger partial charge in [-0.1, -0.05) is 0 Å². The second-order valence-electron chi connectivity index (χ2n) is 4.87. The van der Waals surface area contributed by atoms with Gasteiger partial charge in [-0.25, -0.2) is 16.8 Å². The first kappa shape index (κ1) is 17.4. The van der Waals surface area contributed by atoms with Crippen LogP contribution in [0.25, 0.3) is 0 Å². The number of hydrogen-bond acceptors (Lipinski definition) is 5. The van der Waals surface area contributed by atoms with Crippen molar-refractivity contribution < 1.29 is 21.6 Å². The zero-order valence-corrected chi connectivity index (χ0v) is 13.6. The predicted molar refractivity (Wildman–Crippen MR) is 82.4 cm³/mol. The van der Waals surface area contributed by atoms with E-state index in [4.69, 9.17) is 0 Å². The first-order valence-electron chi connectivity index (χ1n) is 6.03. The van der Waals surface area contributed by atoms with Crippen LogP contribution in [0.2, 0.25) is 0 Å². The van der Waals surface area contributed by atoms with E-state index in [2.05, 4.69) is 9.44 Å². The fourth-order valence-corrected chi connectivity index (χ4v) is 2.79. The molecule has 0 saturated heterocycles. The van der Waals surface area contributed by atoms with Crippen molar-refractivity contribution in [1.29, 1.82) is 0 Å².